The first-order valence-electron chi connectivity index (χ1n) is 8.93. The van der Waals surface area contributed by atoms with Crippen LogP contribution in [0.1, 0.15) is 35.0 Å². The van der Waals surface area contributed by atoms with Gasteiger partial charge in [0.1, 0.15) is 11.3 Å². The highest BCUT2D eigenvalue weighted by molar-refractivity contribution is 6.00. The van der Waals surface area contributed by atoms with E-state index in [-0.39, 0.29) is 16.9 Å². The lowest BCUT2D eigenvalue weighted by atomic mass is 10.1. The molecule has 1 aromatic carbocycles. The van der Waals surface area contributed by atoms with Crippen molar-refractivity contribution in [1.29, 1.82) is 0 Å². The number of hydrogen-bond acceptors (Lipinski definition) is 6. The molecule has 0 unspecified atom stereocenters. The standard InChI is InChI=1S/C21H15F2N5O2/c1-13(14-7-9-24-10-8-14)27-30-21(29)16-12-25-28-18(19(22)23)11-17(26-20(16)28)15-5-3-2-4-6-15/h2-12,19H,1H3/b27-13-. The molecule has 0 aliphatic heterocycles. The second-order valence-corrected chi connectivity index (χ2v) is 6.32. The molecule has 0 bridgehead atoms. The second kappa shape index (κ2) is 8.16. The minimum Gasteiger partial charge on any atom is -0.312 e. The van der Waals surface area contributed by atoms with E-state index in [0.29, 0.717) is 17.0 Å². The van der Waals surface area contributed by atoms with Crippen molar-refractivity contribution < 1.29 is 18.4 Å². The molecule has 0 N–H and O–H groups in total. The number of halogens is 2. The van der Waals surface area contributed by atoms with Gasteiger partial charge in [0.05, 0.1) is 17.6 Å². The molecule has 0 aliphatic carbocycles. The Hall–Kier alpha value is -4.01. The molecule has 0 saturated carbocycles. The van der Waals surface area contributed by atoms with Gasteiger partial charge in [0.2, 0.25) is 0 Å². The van der Waals surface area contributed by atoms with Crippen LogP contribution in [0.15, 0.2) is 72.3 Å². The topological polar surface area (TPSA) is 81.7 Å². The van der Waals surface area contributed by atoms with Crippen LogP contribution in [-0.2, 0) is 4.84 Å². The molecule has 4 aromatic rings. The van der Waals surface area contributed by atoms with Crippen LogP contribution in [0.4, 0.5) is 8.78 Å². The zero-order chi connectivity index (χ0) is 21.1. The molecule has 0 amide bonds. The number of nitrogens with zero attached hydrogens (tertiary/aromatic N) is 5. The lowest BCUT2D eigenvalue weighted by Crippen LogP contribution is -2.07. The van der Waals surface area contributed by atoms with Gasteiger partial charge >= 0.3 is 5.97 Å². The minimum atomic E-state index is -2.81. The van der Waals surface area contributed by atoms with Crippen molar-refractivity contribution in [3.05, 3.63) is 83.9 Å². The maximum absolute atomic E-state index is 13.6. The Morgan fingerprint density at radius 2 is 1.87 bits per heavy atom. The maximum atomic E-state index is 13.6. The van der Waals surface area contributed by atoms with Crippen LogP contribution >= 0.6 is 0 Å². The van der Waals surface area contributed by atoms with Gasteiger partial charge in [0.25, 0.3) is 6.43 Å². The number of benzene rings is 1. The summed E-state index contributed by atoms with van der Waals surface area (Å²) in [4.78, 5) is 25.8. The highest BCUT2D eigenvalue weighted by Crippen LogP contribution is 2.26. The van der Waals surface area contributed by atoms with E-state index in [2.05, 4.69) is 20.2 Å². The van der Waals surface area contributed by atoms with E-state index in [1.54, 1.807) is 61.8 Å². The van der Waals surface area contributed by atoms with Crippen LogP contribution in [0, 0.1) is 0 Å². The molecule has 30 heavy (non-hydrogen) atoms. The summed E-state index contributed by atoms with van der Waals surface area (Å²) < 4.78 is 28.2. The number of carbonyl (C=O) groups is 1. The van der Waals surface area contributed by atoms with Crippen molar-refractivity contribution in [2.45, 2.75) is 13.3 Å². The molecule has 150 valence electrons. The summed E-state index contributed by atoms with van der Waals surface area (Å²) in [6.07, 6.45) is 1.50. The van der Waals surface area contributed by atoms with Gasteiger partial charge in [-0.3, -0.25) is 4.98 Å². The van der Waals surface area contributed by atoms with E-state index in [9.17, 15) is 13.6 Å². The number of rotatable bonds is 5. The summed E-state index contributed by atoms with van der Waals surface area (Å²) >= 11 is 0. The Balaban J connectivity index is 1.72. The summed E-state index contributed by atoms with van der Waals surface area (Å²) in [5.74, 6) is -0.851. The Labute approximate surface area is 169 Å². The number of fused-ring (bicyclic) bond motifs is 1. The van der Waals surface area contributed by atoms with E-state index in [0.717, 1.165) is 16.3 Å². The predicted octanol–water partition coefficient (Wildman–Crippen LogP) is 4.31. The molecular formula is C21H15F2N5O2. The molecule has 3 aromatic heterocycles. The quantitative estimate of drug-likeness (QED) is 0.280. The van der Waals surface area contributed by atoms with Gasteiger partial charge in [0.15, 0.2) is 5.65 Å². The van der Waals surface area contributed by atoms with E-state index in [4.69, 9.17) is 4.84 Å². The zero-order valence-electron chi connectivity index (χ0n) is 15.7. The Bertz CT molecular complexity index is 1220. The minimum absolute atomic E-state index is 0.0339. The van der Waals surface area contributed by atoms with Crippen molar-refractivity contribution in [2.75, 3.05) is 0 Å². The highest BCUT2D eigenvalue weighted by Gasteiger charge is 2.22. The third kappa shape index (κ3) is 3.77. The normalized spacial score (nSPS) is 11.8. The van der Waals surface area contributed by atoms with Crippen LogP contribution in [0.2, 0.25) is 0 Å². The SMILES string of the molecule is C/C(=N/OC(=O)c1cnn2c(C(F)F)cc(-c3ccccc3)nc12)c1ccncc1. The van der Waals surface area contributed by atoms with Crippen molar-refractivity contribution >= 4 is 17.3 Å². The largest absolute Gasteiger partial charge is 0.371 e. The first-order valence-corrected chi connectivity index (χ1v) is 8.93. The average molecular weight is 407 g/mol. The Morgan fingerprint density at radius 3 is 2.57 bits per heavy atom. The number of oxime groups is 1. The molecule has 0 saturated heterocycles. The molecule has 0 aliphatic rings. The Kier molecular flexibility index (Phi) is 5.25. The number of hydrogen-bond donors (Lipinski definition) is 0. The molecular weight excluding hydrogens is 392 g/mol. The lowest BCUT2D eigenvalue weighted by molar-refractivity contribution is 0.0518. The first-order chi connectivity index (χ1) is 14.5. The molecule has 9 heteroatoms. The summed E-state index contributed by atoms with van der Waals surface area (Å²) in [5, 5.41) is 7.72. The van der Waals surface area contributed by atoms with Gasteiger partial charge in [-0.2, -0.15) is 5.10 Å². The van der Waals surface area contributed by atoms with Gasteiger partial charge in [-0.25, -0.2) is 23.1 Å². The number of alkyl halides is 2. The van der Waals surface area contributed by atoms with E-state index >= 15 is 0 Å². The molecule has 0 fully saturated rings. The fraction of sp³-hybridized carbons (Fsp3) is 0.0952. The van der Waals surface area contributed by atoms with Crippen LogP contribution < -0.4 is 0 Å². The monoisotopic (exact) mass is 407 g/mol. The van der Waals surface area contributed by atoms with Gasteiger partial charge < -0.3 is 4.84 Å². The van der Waals surface area contributed by atoms with Crippen LogP contribution in [0.5, 0.6) is 0 Å². The average Bonchev–Trinajstić information content (AvgIpc) is 3.21. The summed E-state index contributed by atoms with van der Waals surface area (Å²) in [6, 6.07) is 13.5. The first kappa shape index (κ1) is 19.3. The zero-order valence-corrected chi connectivity index (χ0v) is 15.7. The van der Waals surface area contributed by atoms with E-state index in [1.165, 1.54) is 6.07 Å². The summed E-state index contributed by atoms with van der Waals surface area (Å²) in [6.45, 7) is 1.67. The van der Waals surface area contributed by atoms with Gasteiger partial charge in [0, 0.05) is 23.5 Å². The number of carbonyl (C=O) groups excluding carboxylic acids is 1. The molecule has 0 spiro atoms. The summed E-state index contributed by atoms with van der Waals surface area (Å²) in [7, 11) is 0. The molecule has 3 heterocycles. The second-order valence-electron chi connectivity index (χ2n) is 6.32. The fourth-order valence-electron chi connectivity index (χ4n) is 2.85. The number of pyridine rings is 1. The van der Waals surface area contributed by atoms with Crippen molar-refractivity contribution in [3.63, 3.8) is 0 Å². The van der Waals surface area contributed by atoms with E-state index in [1.807, 2.05) is 0 Å². The smallest absolute Gasteiger partial charge is 0.312 e. The molecule has 0 radical (unpaired) electrons. The predicted molar refractivity (Wildman–Crippen MR) is 105 cm³/mol. The van der Waals surface area contributed by atoms with E-state index < -0.39 is 12.4 Å². The fourth-order valence-corrected chi connectivity index (χ4v) is 2.85. The van der Waals surface area contributed by atoms with Crippen molar-refractivity contribution in [2.24, 2.45) is 5.16 Å². The molecule has 4 rings (SSSR count). The number of aromatic nitrogens is 4. The van der Waals surface area contributed by atoms with Crippen LogP contribution in [-0.4, -0.2) is 31.3 Å². The van der Waals surface area contributed by atoms with Crippen molar-refractivity contribution in [1.82, 2.24) is 19.6 Å². The van der Waals surface area contributed by atoms with Gasteiger partial charge in [-0.05, 0) is 25.1 Å². The summed E-state index contributed by atoms with van der Waals surface area (Å²) in [5.41, 5.74) is 1.62. The van der Waals surface area contributed by atoms with Gasteiger partial charge in [-0.1, -0.05) is 35.5 Å². The Morgan fingerprint density at radius 1 is 1.13 bits per heavy atom. The van der Waals surface area contributed by atoms with Gasteiger partial charge in [-0.15, -0.1) is 0 Å². The van der Waals surface area contributed by atoms with Crippen molar-refractivity contribution in [3.8, 4) is 11.3 Å². The third-order valence-corrected chi connectivity index (χ3v) is 4.38. The molecule has 0 atom stereocenters. The highest BCUT2D eigenvalue weighted by atomic mass is 19.3. The lowest BCUT2D eigenvalue weighted by Gasteiger charge is -2.08. The third-order valence-electron chi connectivity index (χ3n) is 4.38. The van der Waals surface area contributed by atoms with Crippen LogP contribution in [0.25, 0.3) is 16.9 Å². The molecule has 7 nitrogen and oxygen atoms in total. The maximum Gasteiger partial charge on any atom is 0.371 e. The van der Waals surface area contributed by atoms with Crippen LogP contribution in [0.3, 0.4) is 0 Å².